The second-order valence-corrected chi connectivity index (χ2v) is 9.39. The predicted octanol–water partition coefficient (Wildman–Crippen LogP) is 5.73. The number of carboxylic acids is 1. The number of methoxy groups -OCH3 is 1. The van der Waals surface area contributed by atoms with Crippen LogP contribution in [0.15, 0.2) is 60.8 Å². The van der Waals surface area contributed by atoms with Crippen molar-refractivity contribution in [1.29, 1.82) is 0 Å². The van der Waals surface area contributed by atoms with Crippen LogP contribution in [0.2, 0.25) is 0 Å². The van der Waals surface area contributed by atoms with E-state index in [4.69, 9.17) is 9.47 Å². The molecule has 0 fully saturated rings. The fourth-order valence-electron chi connectivity index (χ4n) is 4.38. The normalized spacial score (nSPS) is 11.2. The van der Waals surface area contributed by atoms with Crippen LogP contribution in [0.1, 0.15) is 32.9 Å². The van der Waals surface area contributed by atoms with E-state index in [1.165, 1.54) is 24.3 Å². The highest BCUT2D eigenvalue weighted by molar-refractivity contribution is 5.92. The number of carboxylic acid groups (broad SMARTS) is 1. The van der Waals surface area contributed by atoms with Crippen molar-refractivity contribution in [2.75, 3.05) is 13.7 Å². The zero-order chi connectivity index (χ0) is 29.1. The van der Waals surface area contributed by atoms with Gasteiger partial charge in [-0.05, 0) is 48.4 Å². The van der Waals surface area contributed by atoms with Gasteiger partial charge in [0.15, 0.2) is 5.82 Å². The molecule has 0 spiro atoms. The van der Waals surface area contributed by atoms with Crippen LogP contribution in [0.4, 0.5) is 13.2 Å². The number of imidazole rings is 1. The summed E-state index contributed by atoms with van der Waals surface area (Å²) >= 11 is 0. The summed E-state index contributed by atoms with van der Waals surface area (Å²) in [7, 11) is 1.55. The van der Waals surface area contributed by atoms with E-state index in [-0.39, 0.29) is 41.4 Å². The quantitative estimate of drug-likeness (QED) is 0.232. The maximum atomic E-state index is 15.3. The lowest BCUT2D eigenvalue weighted by molar-refractivity contribution is 0.0697. The number of halogens is 3. The predicted molar refractivity (Wildman–Crippen MR) is 144 cm³/mol. The van der Waals surface area contributed by atoms with Gasteiger partial charge >= 0.3 is 5.97 Å². The number of hydrogen-bond donors (Lipinski definition) is 1. The fraction of sp³-hybridized carbons (Fsp3) is 0.200. The standard InChI is InChI=1S/C30H25F3N4O4/c1-17-3-4-21(22(31)11-17)16-41-29-24(33)15-34-28(36-29)19-6-5-18(23(32)12-19)14-27-35-25-8-7-20(30(38)39)13-26(25)37(27)9-10-40-2/h3-8,11-13,15H,9-10,14,16H2,1-2H3,(H,38,39). The summed E-state index contributed by atoms with van der Waals surface area (Å²) in [5.74, 6) is -2.75. The number of aromatic nitrogens is 4. The average Bonchev–Trinajstić information content (AvgIpc) is 3.29. The molecule has 2 heterocycles. The van der Waals surface area contributed by atoms with E-state index in [0.29, 0.717) is 35.6 Å². The van der Waals surface area contributed by atoms with E-state index in [1.807, 2.05) is 4.57 Å². The number of aromatic carboxylic acids is 1. The van der Waals surface area contributed by atoms with Gasteiger partial charge in [-0.3, -0.25) is 0 Å². The monoisotopic (exact) mass is 562 g/mol. The molecular formula is C30H25F3N4O4. The molecule has 3 aromatic carbocycles. The molecule has 1 N–H and O–H groups in total. The molecule has 0 unspecified atom stereocenters. The minimum absolute atomic E-state index is 0.0322. The molecule has 0 atom stereocenters. The molecule has 2 aromatic heterocycles. The summed E-state index contributed by atoms with van der Waals surface area (Å²) in [6, 6.07) is 13.6. The van der Waals surface area contributed by atoms with Gasteiger partial charge in [0.05, 0.1) is 29.4 Å². The number of carbonyl (C=O) groups is 1. The Morgan fingerprint density at radius 3 is 2.46 bits per heavy atom. The van der Waals surface area contributed by atoms with Gasteiger partial charge in [0.1, 0.15) is 24.1 Å². The minimum atomic E-state index is -1.06. The van der Waals surface area contributed by atoms with Crippen LogP contribution in [-0.2, 0) is 24.3 Å². The second kappa shape index (κ2) is 11.8. The Morgan fingerprint density at radius 1 is 0.951 bits per heavy atom. The molecule has 0 aliphatic carbocycles. The number of nitrogens with zero attached hydrogens (tertiary/aromatic N) is 4. The lowest BCUT2D eigenvalue weighted by atomic mass is 10.1. The van der Waals surface area contributed by atoms with Gasteiger partial charge in [-0.1, -0.05) is 24.3 Å². The number of ether oxygens (including phenoxy) is 2. The second-order valence-electron chi connectivity index (χ2n) is 9.39. The van der Waals surface area contributed by atoms with Crippen molar-refractivity contribution in [3.63, 3.8) is 0 Å². The van der Waals surface area contributed by atoms with Crippen molar-refractivity contribution in [3.8, 4) is 17.3 Å². The van der Waals surface area contributed by atoms with Crippen molar-refractivity contribution in [3.05, 3.63) is 106 Å². The Hall–Kier alpha value is -4.77. The van der Waals surface area contributed by atoms with E-state index in [0.717, 1.165) is 11.8 Å². The number of aryl methyl sites for hydroxylation is 1. The van der Waals surface area contributed by atoms with Gasteiger partial charge in [0.25, 0.3) is 5.88 Å². The fourth-order valence-corrected chi connectivity index (χ4v) is 4.38. The van der Waals surface area contributed by atoms with Gasteiger partial charge in [0.2, 0.25) is 5.82 Å². The summed E-state index contributed by atoms with van der Waals surface area (Å²) in [6.07, 6.45) is 1.03. The topological polar surface area (TPSA) is 99.4 Å². The Bertz CT molecular complexity index is 1760. The summed E-state index contributed by atoms with van der Waals surface area (Å²) in [6.45, 7) is 2.25. The van der Waals surface area contributed by atoms with Gasteiger partial charge in [-0.15, -0.1) is 0 Å². The van der Waals surface area contributed by atoms with Gasteiger partial charge < -0.3 is 19.1 Å². The Labute approximate surface area is 233 Å². The molecule has 0 bridgehead atoms. The largest absolute Gasteiger partial charge is 0.478 e. The molecule has 41 heavy (non-hydrogen) atoms. The molecule has 8 nitrogen and oxygen atoms in total. The van der Waals surface area contributed by atoms with E-state index >= 15 is 4.39 Å². The third-order valence-corrected chi connectivity index (χ3v) is 6.54. The summed E-state index contributed by atoms with van der Waals surface area (Å²) in [4.78, 5) is 24.1. The molecule has 11 heteroatoms. The zero-order valence-electron chi connectivity index (χ0n) is 22.2. The van der Waals surface area contributed by atoms with Crippen LogP contribution in [0.5, 0.6) is 5.88 Å². The number of rotatable bonds is 10. The van der Waals surface area contributed by atoms with Crippen LogP contribution in [0.25, 0.3) is 22.4 Å². The molecular weight excluding hydrogens is 537 g/mol. The van der Waals surface area contributed by atoms with Crippen molar-refractivity contribution < 1.29 is 32.5 Å². The van der Waals surface area contributed by atoms with E-state index in [9.17, 15) is 18.7 Å². The lowest BCUT2D eigenvalue weighted by Crippen LogP contribution is -2.10. The highest BCUT2D eigenvalue weighted by atomic mass is 19.1. The van der Waals surface area contributed by atoms with Gasteiger partial charge in [-0.25, -0.2) is 23.5 Å². The molecule has 5 rings (SSSR count). The van der Waals surface area contributed by atoms with Gasteiger partial charge in [0, 0.05) is 31.2 Å². The first kappa shape index (κ1) is 27.8. The van der Waals surface area contributed by atoms with Crippen molar-refractivity contribution >= 4 is 17.0 Å². The minimum Gasteiger partial charge on any atom is -0.478 e. The van der Waals surface area contributed by atoms with E-state index < -0.39 is 23.4 Å². The molecule has 0 saturated heterocycles. The van der Waals surface area contributed by atoms with Crippen LogP contribution in [0, 0.1) is 24.4 Å². The molecule has 0 amide bonds. The SMILES string of the molecule is COCCn1c(Cc2ccc(-c3ncc(F)c(OCc4ccc(C)cc4F)n3)cc2F)nc2ccc(C(=O)O)cc21. The molecule has 0 aliphatic rings. The molecule has 0 saturated carbocycles. The van der Waals surface area contributed by atoms with Crippen LogP contribution in [0.3, 0.4) is 0 Å². The third-order valence-electron chi connectivity index (χ3n) is 6.54. The molecule has 5 aromatic rings. The van der Waals surface area contributed by atoms with Gasteiger partial charge in [-0.2, -0.15) is 9.37 Å². The maximum absolute atomic E-state index is 15.3. The van der Waals surface area contributed by atoms with Crippen LogP contribution < -0.4 is 4.74 Å². The molecule has 0 aliphatic heterocycles. The zero-order valence-corrected chi connectivity index (χ0v) is 22.2. The number of hydrogen-bond acceptors (Lipinski definition) is 6. The molecule has 0 radical (unpaired) electrons. The summed E-state index contributed by atoms with van der Waals surface area (Å²) in [5, 5.41) is 9.39. The Kier molecular flexibility index (Phi) is 7.97. The third kappa shape index (κ3) is 6.04. The first-order valence-electron chi connectivity index (χ1n) is 12.6. The maximum Gasteiger partial charge on any atom is 0.335 e. The lowest BCUT2D eigenvalue weighted by Gasteiger charge is -2.11. The van der Waals surface area contributed by atoms with E-state index in [1.54, 1.807) is 44.4 Å². The van der Waals surface area contributed by atoms with Crippen molar-refractivity contribution in [2.45, 2.75) is 26.5 Å². The highest BCUT2D eigenvalue weighted by Gasteiger charge is 2.17. The first-order chi connectivity index (χ1) is 19.7. The highest BCUT2D eigenvalue weighted by Crippen LogP contribution is 2.26. The van der Waals surface area contributed by atoms with Crippen molar-refractivity contribution in [1.82, 2.24) is 19.5 Å². The van der Waals surface area contributed by atoms with E-state index in [2.05, 4.69) is 15.0 Å². The average molecular weight is 563 g/mol. The smallest absolute Gasteiger partial charge is 0.335 e. The van der Waals surface area contributed by atoms with Crippen LogP contribution in [-0.4, -0.2) is 44.3 Å². The summed E-state index contributed by atoms with van der Waals surface area (Å²) < 4.78 is 56.2. The number of benzene rings is 3. The Balaban J connectivity index is 1.40. The van der Waals surface area contributed by atoms with Crippen molar-refractivity contribution in [2.24, 2.45) is 0 Å². The Morgan fingerprint density at radius 2 is 1.73 bits per heavy atom. The summed E-state index contributed by atoms with van der Waals surface area (Å²) in [5.41, 5.74) is 2.90. The molecule has 210 valence electrons. The number of fused-ring (bicyclic) bond motifs is 1. The first-order valence-corrected chi connectivity index (χ1v) is 12.6. The van der Waals surface area contributed by atoms with Crippen LogP contribution >= 0.6 is 0 Å².